The maximum Gasteiger partial charge on any atom is 0.261 e. The van der Waals surface area contributed by atoms with Crippen LogP contribution in [-0.4, -0.2) is 23.8 Å². The molecule has 2 aromatic rings. The van der Waals surface area contributed by atoms with Crippen LogP contribution in [0.4, 0.5) is 0 Å². The van der Waals surface area contributed by atoms with Gasteiger partial charge in [0.25, 0.3) is 5.91 Å². The molecule has 2 N–H and O–H groups in total. The van der Waals surface area contributed by atoms with E-state index in [-0.39, 0.29) is 11.9 Å². The first-order chi connectivity index (χ1) is 10.4. The highest BCUT2D eigenvalue weighted by Crippen LogP contribution is 2.34. The van der Waals surface area contributed by atoms with Crippen LogP contribution in [-0.2, 0) is 10.3 Å². The molecule has 1 aliphatic heterocycles. The quantitative estimate of drug-likeness (QED) is 0.925. The second-order valence-corrected chi connectivity index (χ2v) is 5.86. The van der Waals surface area contributed by atoms with Crippen molar-refractivity contribution >= 4 is 11.9 Å². The first kappa shape index (κ1) is 14.3. The molecule has 0 saturated carbocycles. The molecule has 1 atom stereocenters. The van der Waals surface area contributed by atoms with Crippen molar-refractivity contribution in [3.05, 3.63) is 59.7 Å². The number of hydrogen-bond acceptors (Lipinski definition) is 3. The molecule has 4 heteroatoms. The van der Waals surface area contributed by atoms with E-state index in [0.29, 0.717) is 0 Å². The first-order valence-electron chi connectivity index (χ1n) is 7.23. The van der Waals surface area contributed by atoms with E-state index in [4.69, 9.17) is 5.73 Å². The zero-order valence-corrected chi connectivity index (χ0v) is 13.0. The van der Waals surface area contributed by atoms with Crippen molar-refractivity contribution in [2.75, 3.05) is 7.05 Å². The lowest BCUT2D eigenvalue weighted by Gasteiger charge is -2.21. The van der Waals surface area contributed by atoms with Gasteiger partial charge in [-0.05, 0) is 36.6 Å². The smallest absolute Gasteiger partial charge is 0.261 e. The lowest BCUT2D eigenvalue weighted by Crippen LogP contribution is -2.38. The molecule has 1 aliphatic rings. The molecule has 4 nitrogen and oxygen atoms in total. The SMILES string of the molecule is Cc1cccc(-c2cccc(C3(C)N=C(N)N(C)C3=O)c2)c1. The van der Waals surface area contributed by atoms with Gasteiger partial charge in [-0.3, -0.25) is 9.69 Å². The van der Waals surface area contributed by atoms with Gasteiger partial charge in [0.1, 0.15) is 0 Å². The summed E-state index contributed by atoms with van der Waals surface area (Å²) in [5, 5.41) is 0. The summed E-state index contributed by atoms with van der Waals surface area (Å²) in [6.07, 6.45) is 0. The molecule has 0 bridgehead atoms. The highest BCUT2D eigenvalue weighted by atomic mass is 16.2. The fourth-order valence-corrected chi connectivity index (χ4v) is 2.80. The van der Waals surface area contributed by atoms with E-state index < -0.39 is 5.54 Å². The van der Waals surface area contributed by atoms with E-state index in [1.165, 1.54) is 10.5 Å². The Morgan fingerprint density at radius 3 is 2.32 bits per heavy atom. The molecule has 1 amide bonds. The molecule has 0 spiro atoms. The average molecular weight is 293 g/mol. The number of aryl methyl sites for hydroxylation is 1. The summed E-state index contributed by atoms with van der Waals surface area (Å²) in [5.41, 5.74) is 9.11. The van der Waals surface area contributed by atoms with Crippen molar-refractivity contribution in [1.82, 2.24) is 4.90 Å². The Labute approximate surface area is 130 Å². The van der Waals surface area contributed by atoms with E-state index in [1.807, 2.05) is 30.3 Å². The third kappa shape index (κ3) is 2.17. The second-order valence-electron chi connectivity index (χ2n) is 5.86. The topological polar surface area (TPSA) is 58.7 Å². The number of nitrogens with zero attached hydrogens (tertiary/aromatic N) is 2. The number of benzene rings is 2. The Morgan fingerprint density at radius 1 is 1.09 bits per heavy atom. The van der Waals surface area contributed by atoms with Crippen LogP contribution in [0.3, 0.4) is 0 Å². The van der Waals surface area contributed by atoms with Crippen molar-refractivity contribution in [3.63, 3.8) is 0 Å². The van der Waals surface area contributed by atoms with Gasteiger partial charge in [0, 0.05) is 7.05 Å². The summed E-state index contributed by atoms with van der Waals surface area (Å²) in [7, 11) is 1.65. The van der Waals surface area contributed by atoms with E-state index in [0.717, 1.165) is 16.7 Å². The molecule has 0 radical (unpaired) electrons. The Hall–Kier alpha value is -2.62. The fourth-order valence-electron chi connectivity index (χ4n) is 2.80. The van der Waals surface area contributed by atoms with Gasteiger partial charge in [-0.25, -0.2) is 4.99 Å². The summed E-state index contributed by atoms with van der Waals surface area (Å²) < 4.78 is 0. The molecule has 3 rings (SSSR count). The summed E-state index contributed by atoms with van der Waals surface area (Å²) in [6, 6.07) is 16.2. The van der Waals surface area contributed by atoms with Gasteiger partial charge in [0.15, 0.2) is 11.5 Å². The molecular weight excluding hydrogens is 274 g/mol. The van der Waals surface area contributed by atoms with Crippen molar-refractivity contribution in [2.45, 2.75) is 19.4 Å². The van der Waals surface area contributed by atoms with Crippen molar-refractivity contribution < 1.29 is 4.79 Å². The monoisotopic (exact) mass is 293 g/mol. The number of amides is 1. The Kier molecular flexibility index (Phi) is 3.24. The minimum Gasteiger partial charge on any atom is -0.369 e. The molecule has 0 fully saturated rings. The predicted molar refractivity (Wildman–Crippen MR) is 88.4 cm³/mol. The van der Waals surface area contributed by atoms with Crippen LogP contribution in [0, 0.1) is 6.92 Å². The maximum absolute atomic E-state index is 12.5. The maximum atomic E-state index is 12.5. The molecule has 0 aromatic heterocycles. The Balaban J connectivity index is 2.08. The van der Waals surface area contributed by atoms with Crippen LogP contribution in [0.15, 0.2) is 53.5 Å². The van der Waals surface area contributed by atoms with Gasteiger partial charge in [-0.1, -0.05) is 48.0 Å². The number of guanidine groups is 1. The molecule has 0 saturated heterocycles. The van der Waals surface area contributed by atoms with Gasteiger partial charge in [0.05, 0.1) is 0 Å². The van der Waals surface area contributed by atoms with Gasteiger partial charge >= 0.3 is 0 Å². The lowest BCUT2D eigenvalue weighted by molar-refractivity contribution is -0.130. The summed E-state index contributed by atoms with van der Waals surface area (Å²) in [5.74, 6) is 0.153. The highest BCUT2D eigenvalue weighted by Gasteiger charge is 2.43. The number of carbonyl (C=O) groups excluding carboxylic acids is 1. The van der Waals surface area contributed by atoms with Gasteiger partial charge in [-0.2, -0.15) is 0 Å². The van der Waals surface area contributed by atoms with Crippen LogP contribution in [0.25, 0.3) is 11.1 Å². The predicted octanol–water partition coefficient (Wildman–Crippen LogP) is 2.66. The van der Waals surface area contributed by atoms with E-state index >= 15 is 0 Å². The van der Waals surface area contributed by atoms with Crippen LogP contribution in [0.1, 0.15) is 18.1 Å². The third-order valence-electron chi connectivity index (χ3n) is 4.18. The first-order valence-corrected chi connectivity index (χ1v) is 7.23. The van der Waals surface area contributed by atoms with E-state index in [9.17, 15) is 4.79 Å². The number of carbonyl (C=O) groups is 1. The number of nitrogens with two attached hydrogens (primary N) is 1. The normalized spacial score (nSPS) is 21.1. The highest BCUT2D eigenvalue weighted by molar-refractivity contribution is 6.06. The van der Waals surface area contributed by atoms with Crippen molar-refractivity contribution in [2.24, 2.45) is 10.7 Å². The van der Waals surface area contributed by atoms with Crippen LogP contribution < -0.4 is 5.73 Å². The Morgan fingerprint density at radius 2 is 1.73 bits per heavy atom. The van der Waals surface area contributed by atoms with Gasteiger partial charge < -0.3 is 5.73 Å². The van der Waals surface area contributed by atoms with E-state index in [1.54, 1.807) is 14.0 Å². The molecule has 22 heavy (non-hydrogen) atoms. The molecule has 1 heterocycles. The zero-order chi connectivity index (χ0) is 15.9. The third-order valence-corrected chi connectivity index (χ3v) is 4.18. The van der Waals surface area contributed by atoms with Crippen LogP contribution in [0.5, 0.6) is 0 Å². The molecule has 1 unspecified atom stereocenters. The minimum atomic E-state index is -0.946. The fraction of sp³-hybridized carbons (Fsp3) is 0.222. The number of likely N-dealkylation sites (N-methyl/N-ethyl adjacent to an activating group) is 1. The van der Waals surface area contributed by atoms with Crippen molar-refractivity contribution in [3.8, 4) is 11.1 Å². The molecular formula is C18H19N3O. The minimum absolute atomic E-state index is 0.105. The molecule has 2 aromatic carbocycles. The van der Waals surface area contributed by atoms with Crippen LogP contribution >= 0.6 is 0 Å². The van der Waals surface area contributed by atoms with Gasteiger partial charge in [-0.15, -0.1) is 0 Å². The average Bonchev–Trinajstić information content (AvgIpc) is 2.72. The Bertz CT molecular complexity index is 781. The lowest BCUT2D eigenvalue weighted by atomic mass is 9.89. The van der Waals surface area contributed by atoms with Gasteiger partial charge in [0.2, 0.25) is 0 Å². The summed E-state index contributed by atoms with van der Waals surface area (Å²) >= 11 is 0. The molecule has 112 valence electrons. The molecule has 0 aliphatic carbocycles. The largest absolute Gasteiger partial charge is 0.369 e. The number of rotatable bonds is 2. The standard InChI is InChI=1S/C18H19N3O/c1-12-6-4-7-13(10-12)14-8-5-9-15(11-14)18(2)16(22)21(3)17(19)20-18/h4-11H,1-3H3,(H2,19,20). The summed E-state index contributed by atoms with van der Waals surface area (Å²) in [4.78, 5) is 18.2. The number of aliphatic imine (C=N–C) groups is 1. The van der Waals surface area contributed by atoms with Crippen LogP contribution in [0.2, 0.25) is 0 Å². The van der Waals surface area contributed by atoms with E-state index in [2.05, 4.69) is 30.1 Å². The van der Waals surface area contributed by atoms with Crippen molar-refractivity contribution in [1.29, 1.82) is 0 Å². The zero-order valence-electron chi connectivity index (χ0n) is 13.0. The number of hydrogen-bond donors (Lipinski definition) is 1. The second kappa shape index (κ2) is 4.98. The summed E-state index contributed by atoms with van der Waals surface area (Å²) in [6.45, 7) is 3.87.